The summed E-state index contributed by atoms with van der Waals surface area (Å²) >= 11 is 0. The summed E-state index contributed by atoms with van der Waals surface area (Å²) in [6, 6.07) is 8.00. The quantitative estimate of drug-likeness (QED) is 0.520. The van der Waals surface area contributed by atoms with Crippen LogP contribution < -0.4 is 10.1 Å². The van der Waals surface area contributed by atoms with Crippen molar-refractivity contribution in [1.29, 1.82) is 0 Å². The Kier molecular flexibility index (Phi) is 6.51. The number of halogens is 3. The van der Waals surface area contributed by atoms with Crippen LogP contribution in [0.2, 0.25) is 0 Å². The van der Waals surface area contributed by atoms with Gasteiger partial charge in [-0.25, -0.2) is 0 Å². The van der Waals surface area contributed by atoms with Crippen molar-refractivity contribution < 1.29 is 23.0 Å². The minimum atomic E-state index is -4.73. The molecule has 0 amide bonds. The summed E-state index contributed by atoms with van der Waals surface area (Å²) in [5.41, 5.74) is 8.25. The zero-order valence-corrected chi connectivity index (χ0v) is 18.5. The summed E-state index contributed by atoms with van der Waals surface area (Å²) in [5.74, 6) is -0.253. The molecule has 0 aromatic heterocycles. The van der Waals surface area contributed by atoms with Crippen molar-refractivity contribution in [3.8, 4) is 16.9 Å². The van der Waals surface area contributed by atoms with E-state index in [9.17, 15) is 18.3 Å². The van der Waals surface area contributed by atoms with E-state index in [0.717, 1.165) is 52.0 Å². The standard InChI is InChI=1S/C26H27F3N2O2/c1-3-24(18-6-7-18)31(2)16-19-15-23(17-8-10-20(11-9-17)33-26(27,28)29)25-22(5-4-13-30-25)21(19)12-14-32/h3-5,8-11,15,30,32H,1,6-7,12-14,16H2,2H3. The largest absolute Gasteiger partial charge is 0.573 e. The van der Waals surface area contributed by atoms with E-state index in [0.29, 0.717) is 19.5 Å². The van der Waals surface area contributed by atoms with Crippen LogP contribution in [0.25, 0.3) is 17.2 Å². The van der Waals surface area contributed by atoms with Gasteiger partial charge in [0.1, 0.15) is 5.75 Å². The van der Waals surface area contributed by atoms with Gasteiger partial charge in [-0.3, -0.25) is 0 Å². The Morgan fingerprint density at radius 2 is 1.97 bits per heavy atom. The monoisotopic (exact) mass is 456 g/mol. The van der Waals surface area contributed by atoms with Crippen LogP contribution in [0.1, 0.15) is 29.5 Å². The number of likely N-dealkylation sites (N-methyl/N-ethyl adjacent to an activating group) is 1. The zero-order chi connectivity index (χ0) is 23.6. The molecule has 0 saturated heterocycles. The lowest BCUT2D eigenvalue weighted by atomic mass is 9.88. The maximum atomic E-state index is 12.6. The van der Waals surface area contributed by atoms with Gasteiger partial charge in [-0.05, 0) is 65.8 Å². The highest BCUT2D eigenvalue weighted by Crippen LogP contribution is 2.40. The molecule has 0 spiro atoms. The minimum absolute atomic E-state index is 0.0230. The number of hydrogen-bond acceptors (Lipinski definition) is 4. The Hall–Kier alpha value is -3.19. The Balaban J connectivity index is 1.77. The van der Waals surface area contributed by atoms with E-state index in [1.54, 1.807) is 12.1 Å². The van der Waals surface area contributed by atoms with Crippen LogP contribution >= 0.6 is 0 Å². The number of allylic oxidation sites excluding steroid dienone is 2. The third-order valence-corrected chi connectivity index (χ3v) is 5.89. The molecule has 0 atom stereocenters. The van der Waals surface area contributed by atoms with Gasteiger partial charge in [0.05, 0.1) is 0 Å². The maximum absolute atomic E-state index is 12.6. The molecule has 1 aliphatic carbocycles. The van der Waals surface area contributed by atoms with Gasteiger partial charge >= 0.3 is 6.36 Å². The number of nitrogens with zero attached hydrogens (tertiary/aromatic N) is 1. The van der Waals surface area contributed by atoms with Crippen LogP contribution in [0.5, 0.6) is 5.75 Å². The zero-order valence-electron chi connectivity index (χ0n) is 18.5. The van der Waals surface area contributed by atoms with Crippen molar-refractivity contribution in [2.75, 3.05) is 25.5 Å². The van der Waals surface area contributed by atoms with E-state index in [1.165, 1.54) is 17.7 Å². The third kappa shape index (κ3) is 5.25. The average molecular weight is 457 g/mol. The molecule has 0 bridgehead atoms. The first-order valence-electron chi connectivity index (χ1n) is 10.9. The van der Waals surface area contributed by atoms with Crippen LogP contribution in [0, 0.1) is 0 Å². The topological polar surface area (TPSA) is 44.7 Å². The van der Waals surface area contributed by atoms with Crippen LogP contribution in [0.15, 0.2) is 60.3 Å². The molecule has 2 N–H and O–H groups in total. The number of rotatable bonds is 8. The van der Waals surface area contributed by atoms with Crippen LogP contribution in [-0.2, 0) is 13.0 Å². The number of aliphatic hydroxyl groups is 1. The van der Waals surface area contributed by atoms with Crippen molar-refractivity contribution in [2.24, 2.45) is 0 Å². The van der Waals surface area contributed by atoms with Gasteiger partial charge in [0, 0.05) is 49.3 Å². The fraction of sp³-hybridized carbons (Fsp3) is 0.308. The van der Waals surface area contributed by atoms with Crippen LogP contribution in [0.3, 0.4) is 0 Å². The number of nitrogens with one attached hydrogen (secondary N) is 1. The lowest BCUT2D eigenvalue weighted by Gasteiger charge is -2.27. The second-order valence-electron chi connectivity index (χ2n) is 8.23. The molecule has 1 fully saturated rings. The average Bonchev–Trinajstić information content (AvgIpc) is 3.60. The molecular weight excluding hydrogens is 429 g/mol. The number of benzene rings is 2. The number of alkyl halides is 3. The van der Waals surface area contributed by atoms with E-state index in [2.05, 4.69) is 33.7 Å². The van der Waals surface area contributed by atoms with Gasteiger partial charge in [-0.1, -0.05) is 30.9 Å². The van der Waals surface area contributed by atoms with Crippen molar-refractivity contribution in [1.82, 2.24) is 4.90 Å². The van der Waals surface area contributed by atoms with Gasteiger partial charge in [-0.2, -0.15) is 0 Å². The summed E-state index contributed by atoms with van der Waals surface area (Å²) in [5, 5.41) is 13.2. The van der Waals surface area contributed by atoms with E-state index >= 15 is 0 Å². The smallest absolute Gasteiger partial charge is 0.406 e. The highest BCUT2D eigenvalue weighted by atomic mass is 19.4. The molecule has 33 heavy (non-hydrogen) atoms. The molecule has 1 saturated carbocycles. The number of anilines is 1. The lowest BCUT2D eigenvalue weighted by molar-refractivity contribution is -0.274. The van der Waals surface area contributed by atoms with Crippen LogP contribution in [0.4, 0.5) is 18.9 Å². The number of fused-ring (bicyclic) bond motifs is 1. The predicted octanol–water partition coefficient (Wildman–Crippen LogP) is 5.89. The van der Waals surface area contributed by atoms with Crippen molar-refractivity contribution in [3.05, 3.63) is 77.0 Å². The minimum Gasteiger partial charge on any atom is -0.406 e. The molecule has 2 aromatic rings. The summed E-state index contributed by atoms with van der Waals surface area (Å²) < 4.78 is 41.7. The number of hydrogen-bond donors (Lipinski definition) is 2. The predicted molar refractivity (Wildman–Crippen MR) is 125 cm³/mol. The molecule has 0 radical (unpaired) electrons. The highest BCUT2D eigenvalue weighted by molar-refractivity contribution is 5.88. The van der Waals surface area contributed by atoms with Crippen molar-refractivity contribution in [3.63, 3.8) is 0 Å². The third-order valence-electron chi connectivity index (χ3n) is 5.89. The Bertz CT molecular complexity index is 1100. The van der Waals surface area contributed by atoms with E-state index in [-0.39, 0.29) is 12.4 Å². The highest BCUT2D eigenvalue weighted by Gasteiger charge is 2.31. The molecular formula is C26H27F3N2O2. The van der Waals surface area contributed by atoms with E-state index in [4.69, 9.17) is 0 Å². The summed E-state index contributed by atoms with van der Waals surface area (Å²) in [6.45, 7) is 5.26. The number of ether oxygens (including phenoxy) is 1. The SMILES string of the molecule is C=CC(=C1CC1)N(C)Cc1cc(-c2ccc(OC(F)(F)F)cc2)c2c(c1CCO)C=CCN2. The van der Waals surface area contributed by atoms with Gasteiger partial charge in [0.2, 0.25) is 0 Å². The van der Waals surface area contributed by atoms with Gasteiger partial charge < -0.3 is 20.1 Å². The first-order chi connectivity index (χ1) is 15.8. The lowest BCUT2D eigenvalue weighted by Crippen LogP contribution is -2.19. The molecule has 4 nitrogen and oxygen atoms in total. The van der Waals surface area contributed by atoms with Crippen LogP contribution in [-0.4, -0.2) is 36.6 Å². The second-order valence-corrected chi connectivity index (χ2v) is 8.23. The van der Waals surface area contributed by atoms with Gasteiger partial charge in [0.15, 0.2) is 0 Å². The van der Waals surface area contributed by atoms with Crippen molar-refractivity contribution in [2.45, 2.75) is 32.2 Å². The van der Waals surface area contributed by atoms with E-state index in [1.807, 2.05) is 19.2 Å². The summed E-state index contributed by atoms with van der Waals surface area (Å²) in [6.07, 6.45) is 3.92. The Morgan fingerprint density at radius 1 is 1.24 bits per heavy atom. The normalized spacial score (nSPS) is 14.4. The van der Waals surface area contributed by atoms with Gasteiger partial charge in [-0.15, -0.1) is 13.2 Å². The second kappa shape index (κ2) is 9.35. The molecule has 2 aliphatic rings. The first-order valence-corrected chi connectivity index (χ1v) is 10.9. The number of aliphatic hydroxyl groups excluding tert-OH is 1. The summed E-state index contributed by atoms with van der Waals surface area (Å²) in [4.78, 5) is 2.17. The fourth-order valence-electron chi connectivity index (χ4n) is 4.36. The molecule has 1 heterocycles. The Morgan fingerprint density at radius 3 is 2.58 bits per heavy atom. The molecule has 4 rings (SSSR count). The fourth-order valence-corrected chi connectivity index (χ4v) is 4.36. The van der Waals surface area contributed by atoms with Crippen molar-refractivity contribution >= 4 is 11.8 Å². The van der Waals surface area contributed by atoms with Gasteiger partial charge in [0.25, 0.3) is 0 Å². The molecule has 2 aromatic carbocycles. The van der Waals surface area contributed by atoms with E-state index < -0.39 is 6.36 Å². The summed E-state index contributed by atoms with van der Waals surface area (Å²) in [7, 11) is 2.03. The molecule has 1 aliphatic heterocycles. The molecule has 0 unspecified atom stereocenters. The Labute approximate surface area is 191 Å². The maximum Gasteiger partial charge on any atom is 0.573 e. The molecule has 174 valence electrons. The molecule has 7 heteroatoms. The first kappa shape index (κ1) is 23.0.